The highest BCUT2D eigenvalue weighted by Crippen LogP contribution is 2.43. The van der Waals surface area contributed by atoms with Crippen molar-refractivity contribution in [2.75, 3.05) is 6.54 Å². The minimum atomic E-state index is -3.95. The smallest absolute Gasteiger partial charge is 0.481 e. The van der Waals surface area contributed by atoms with Crippen LogP contribution in [0.5, 0.6) is 0 Å². The lowest BCUT2D eigenvalue weighted by atomic mass is 9.84. The topological polar surface area (TPSA) is 74.3 Å². The number of aryl methyl sites for hydroxylation is 2. The Kier molecular flexibility index (Phi) is 14.1. The van der Waals surface area contributed by atoms with Crippen molar-refractivity contribution in [1.29, 1.82) is 0 Å². The number of amides is 1. The van der Waals surface area contributed by atoms with Crippen LogP contribution in [0.15, 0.2) is 35.6 Å². The van der Waals surface area contributed by atoms with Crippen LogP contribution in [0.3, 0.4) is 0 Å². The van der Waals surface area contributed by atoms with Gasteiger partial charge in [-0.25, -0.2) is 0 Å². The molecule has 2 aliphatic rings. The van der Waals surface area contributed by atoms with Gasteiger partial charge in [0.2, 0.25) is 5.91 Å². The van der Waals surface area contributed by atoms with Crippen LogP contribution >= 0.6 is 0 Å². The minimum Gasteiger partial charge on any atom is -0.481 e. The third-order valence-corrected chi connectivity index (χ3v) is 8.91. The fraction of sp³-hybridized carbons (Fsp3) is 0.629. The lowest BCUT2D eigenvalue weighted by Gasteiger charge is -2.34. The van der Waals surface area contributed by atoms with E-state index in [-0.39, 0.29) is 5.91 Å². The first-order valence-corrected chi connectivity index (χ1v) is 16.9. The van der Waals surface area contributed by atoms with Crippen molar-refractivity contribution >= 4 is 30.1 Å². The Morgan fingerprint density at radius 3 is 2.09 bits per heavy atom. The first kappa shape index (κ1) is 35.5. The first-order chi connectivity index (χ1) is 21.1. The van der Waals surface area contributed by atoms with Gasteiger partial charge in [-0.2, -0.15) is 0 Å². The minimum absolute atomic E-state index is 0.0347. The zero-order chi connectivity index (χ0) is 32.1. The van der Waals surface area contributed by atoms with E-state index in [4.69, 9.17) is 5.11 Å². The van der Waals surface area contributed by atoms with Gasteiger partial charge in [0, 0.05) is 49.2 Å². The van der Waals surface area contributed by atoms with E-state index in [9.17, 15) is 9.59 Å². The van der Waals surface area contributed by atoms with Gasteiger partial charge in [-0.3, -0.25) is 9.59 Å². The average Bonchev–Trinajstić information content (AvgIpc) is 3.44. The van der Waals surface area contributed by atoms with Crippen LogP contribution in [-0.2, 0) is 9.59 Å². The lowest BCUT2D eigenvalue weighted by Crippen LogP contribution is -2.51. The first-order valence-electron chi connectivity index (χ1n) is 16.9. The molecule has 9 heteroatoms. The van der Waals surface area contributed by atoms with E-state index in [1.807, 2.05) is 26.0 Å². The van der Waals surface area contributed by atoms with Gasteiger partial charge in [-0.05, 0) is 89.5 Å². The number of rotatable bonds is 21. The van der Waals surface area contributed by atoms with Gasteiger partial charge in [-0.1, -0.05) is 57.1 Å². The summed E-state index contributed by atoms with van der Waals surface area (Å²) in [5.41, 5.74) is 5.01. The molecule has 0 fully saturated rings. The second-order valence-corrected chi connectivity index (χ2v) is 12.7. The van der Waals surface area contributed by atoms with E-state index in [0.717, 1.165) is 61.7 Å². The van der Waals surface area contributed by atoms with Crippen LogP contribution in [0.1, 0.15) is 140 Å². The number of carbonyl (C=O) groups is 2. The van der Waals surface area contributed by atoms with Crippen LogP contribution < -0.4 is 5.32 Å². The highest BCUT2D eigenvalue weighted by Gasteiger charge is 2.54. The number of carbonyl (C=O) groups excluding carboxylic acids is 1. The molecule has 44 heavy (non-hydrogen) atoms. The predicted octanol–water partition coefficient (Wildman–Crippen LogP) is 8.87. The normalized spacial score (nSPS) is 15.6. The number of carboxylic acids is 1. The van der Waals surface area contributed by atoms with Crippen LogP contribution in [0.2, 0.25) is 0 Å². The Morgan fingerprint density at radius 2 is 1.45 bits per heavy atom. The predicted molar refractivity (Wildman–Crippen MR) is 177 cm³/mol. The van der Waals surface area contributed by atoms with Crippen molar-refractivity contribution < 1.29 is 27.8 Å². The standard InChI is InChI=1S/C35H54BF2N3O3/c1-27-25-29(3)40-34(27)31(35-28(2)26-30(4)41(35)36(40,37)38)21-20-22-32(42)39-24-19-17-15-13-11-9-7-5-6-8-10-12-14-16-18-23-33(43)44/h5-6,25-26H,7-24H2,1-4H3,(H,39,42)(H,43,44)/b6-5-. The molecule has 0 spiro atoms. The fourth-order valence-corrected chi connectivity index (χ4v) is 6.81. The molecule has 244 valence electrons. The van der Waals surface area contributed by atoms with Crippen molar-refractivity contribution in [2.24, 2.45) is 0 Å². The van der Waals surface area contributed by atoms with Gasteiger partial charge in [-0.15, -0.1) is 0 Å². The molecule has 0 radical (unpaired) electrons. The molecule has 2 N–H and O–H groups in total. The second kappa shape index (κ2) is 17.5. The summed E-state index contributed by atoms with van der Waals surface area (Å²) in [6, 6.07) is 1.84. The molecule has 2 aliphatic heterocycles. The molecule has 0 aromatic carbocycles. The molecule has 3 heterocycles. The largest absolute Gasteiger partial charge is 0.737 e. The maximum atomic E-state index is 15.7. The Balaban J connectivity index is 1.25. The van der Waals surface area contributed by atoms with Gasteiger partial charge < -0.3 is 28.0 Å². The summed E-state index contributed by atoms with van der Waals surface area (Å²) in [6.45, 7) is 4.03. The molecule has 1 amide bonds. The molecule has 0 atom stereocenters. The molecule has 3 rings (SSSR count). The summed E-state index contributed by atoms with van der Waals surface area (Å²) in [5, 5.41) is 11.7. The van der Waals surface area contributed by atoms with Crippen LogP contribution in [0.25, 0.3) is 5.57 Å². The molecule has 1 aromatic rings. The number of aromatic nitrogens is 1. The number of halogens is 2. The summed E-state index contributed by atoms with van der Waals surface area (Å²) in [5.74, 6) is -0.660. The van der Waals surface area contributed by atoms with Crippen molar-refractivity contribution in [3.8, 4) is 0 Å². The van der Waals surface area contributed by atoms with E-state index < -0.39 is 12.9 Å². The molecular weight excluding hydrogens is 559 g/mol. The molecule has 0 saturated carbocycles. The van der Waals surface area contributed by atoms with Gasteiger partial charge in [0.25, 0.3) is 0 Å². The van der Waals surface area contributed by atoms with E-state index in [1.165, 1.54) is 47.5 Å². The van der Waals surface area contributed by atoms with Crippen molar-refractivity contribution in [3.05, 3.63) is 52.5 Å². The van der Waals surface area contributed by atoms with Gasteiger partial charge >= 0.3 is 12.9 Å². The maximum Gasteiger partial charge on any atom is 0.737 e. The lowest BCUT2D eigenvalue weighted by molar-refractivity contribution is -0.363. The third kappa shape index (κ3) is 9.77. The zero-order valence-corrected chi connectivity index (χ0v) is 27.5. The van der Waals surface area contributed by atoms with Gasteiger partial charge in [0.1, 0.15) is 5.71 Å². The quantitative estimate of drug-likeness (QED) is 0.0826. The number of unbranched alkanes of at least 4 members (excludes halogenated alkanes) is 11. The average molecular weight is 614 g/mol. The van der Waals surface area contributed by atoms with E-state index in [2.05, 4.69) is 17.5 Å². The Hall–Kier alpha value is -2.97. The van der Waals surface area contributed by atoms with Crippen molar-refractivity contribution in [3.63, 3.8) is 0 Å². The monoisotopic (exact) mass is 613 g/mol. The number of hydrogen-bond donors (Lipinski definition) is 2. The summed E-state index contributed by atoms with van der Waals surface area (Å²) in [4.78, 5) is 23.0. The highest BCUT2D eigenvalue weighted by molar-refractivity contribution is 6.58. The Bertz CT molecular complexity index is 1280. The zero-order valence-electron chi connectivity index (χ0n) is 27.5. The molecule has 0 saturated heterocycles. The number of aliphatic carboxylic acids is 1. The van der Waals surface area contributed by atoms with E-state index in [1.54, 1.807) is 13.8 Å². The molecule has 1 aromatic heterocycles. The molecule has 0 bridgehead atoms. The Morgan fingerprint density at radius 1 is 0.864 bits per heavy atom. The van der Waals surface area contributed by atoms with Crippen molar-refractivity contribution in [1.82, 2.24) is 9.79 Å². The number of nitrogens with one attached hydrogen (secondary N) is 1. The third-order valence-electron chi connectivity index (χ3n) is 8.91. The second-order valence-electron chi connectivity index (χ2n) is 12.7. The van der Waals surface area contributed by atoms with Crippen LogP contribution in [-0.4, -0.2) is 45.2 Å². The van der Waals surface area contributed by atoms with Gasteiger partial charge in [0.15, 0.2) is 5.70 Å². The molecule has 6 nitrogen and oxygen atoms in total. The molecular formula is C35H54BF2N3O3. The number of fused-ring (bicyclic) bond motifs is 2. The molecule has 0 aliphatic carbocycles. The van der Waals surface area contributed by atoms with Gasteiger partial charge in [0.05, 0.1) is 0 Å². The van der Waals surface area contributed by atoms with E-state index in [0.29, 0.717) is 55.0 Å². The van der Waals surface area contributed by atoms with E-state index >= 15 is 8.63 Å². The number of allylic oxidation sites excluding steroid dienone is 5. The Labute approximate surface area is 263 Å². The fourth-order valence-electron chi connectivity index (χ4n) is 6.81. The number of nitrogens with zero attached hydrogens (tertiary/aromatic N) is 2. The molecule has 0 unspecified atom stereocenters. The summed E-state index contributed by atoms with van der Waals surface area (Å²) < 4.78 is 33.8. The SMILES string of the molecule is CC1=CC(C)=[N+]2C1=C(CCCC(=O)NCCCCCCCC/C=C\CCCCCCCC(=O)O)c1c(C)cc(C)n1[B-]2(F)F. The summed E-state index contributed by atoms with van der Waals surface area (Å²) in [7, 11) is 0. The highest BCUT2D eigenvalue weighted by atomic mass is 19.2. The van der Waals surface area contributed by atoms with Crippen molar-refractivity contribution in [2.45, 2.75) is 137 Å². The maximum absolute atomic E-state index is 15.7. The number of hydrogen-bond acceptors (Lipinski definition) is 2. The van der Waals surface area contributed by atoms with Crippen LogP contribution in [0.4, 0.5) is 8.63 Å². The summed E-state index contributed by atoms with van der Waals surface area (Å²) in [6.07, 6.45) is 22.8. The number of carboxylic acid groups (broad SMARTS) is 1. The van der Waals surface area contributed by atoms with Crippen LogP contribution in [0, 0.1) is 13.8 Å². The summed E-state index contributed by atoms with van der Waals surface area (Å²) >= 11 is 0.